The van der Waals surface area contributed by atoms with E-state index in [2.05, 4.69) is 4.74 Å². The Hall–Kier alpha value is -1.88. The number of amides is 1. The molecular weight excluding hydrogens is 246 g/mol. The molecule has 2 rings (SSSR count). The maximum Gasteiger partial charge on any atom is 0.313 e. The molecule has 1 fully saturated rings. The van der Waals surface area contributed by atoms with E-state index < -0.39 is 23.9 Å². The fourth-order valence-electron chi connectivity index (χ4n) is 2.36. The number of aliphatic hydroxyl groups excluding tert-OH is 1. The number of methoxy groups -OCH3 is 1. The molecule has 1 saturated heterocycles. The molecule has 1 aliphatic heterocycles. The van der Waals surface area contributed by atoms with Gasteiger partial charge in [0.2, 0.25) is 0 Å². The molecule has 1 amide bonds. The maximum atomic E-state index is 12.0. The Kier molecular flexibility index (Phi) is 3.85. The number of aliphatic hydroxyl groups is 1. The van der Waals surface area contributed by atoms with Gasteiger partial charge < -0.3 is 14.7 Å². The van der Waals surface area contributed by atoms with Crippen molar-refractivity contribution in [3.63, 3.8) is 0 Å². The van der Waals surface area contributed by atoms with Gasteiger partial charge in [-0.15, -0.1) is 0 Å². The number of hydrogen-bond donors (Lipinski definition) is 1. The average molecular weight is 263 g/mol. The second kappa shape index (κ2) is 5.40. The van der Waals surface area contributed by atoms with Crippen molar-refractivity contribution in [1.29, 1.82) is 0 Å². The van der Waals surface area contributed by atoms with Gasteiger partial charge in [-0.25, -0.2) is 0 Å². The minimum Gasteiger partial charge on any atom is -0.469 e. The third kappa shape index (κ3) is 2.46. The standard InChI is InChI=1S/C14H17NO4/c1-9(10-6-4-3-5-7-10)15-8-11(14(18)19-2)12(16)13(15)17/h3-7,9,11-12,16H,8H2,1-2H3/t9-,11-,12+/m0/s1. The fourth-order valence-corrected chi connectivity index (χ4v) is 2.36. The fraction of sp³-hybridized carbons (Fsp3) is 0.429. The van der Waals surface area contributed by atoms with Crippen molar-refractivity contribution in [1.82, 2.24) is 4.90 Å². The van der Waals surface area contributed by atoms with Crippen LogP contribution in [0.4, 0.5) is 0 Å². The number of esters is 1. The van der Waals surface area contributed by atoms with Crippen LogP contribution in [-0.4, -0.2) is 41.6 Å². The van der Waals surface area contributed by atoms with Crippen LogP contribution < -0.4 is 0 Å². The Morgan fingerprint density at radius 1 is 1.42 bits per heavy atom. The highest BCUT2D eigenvalue weighted by Crippen LogP contribution is 2.29. The molecular formula is C14H17NO4. The van der Waals surface area contributed by atoms with E-state index in [9.17, 15) is 14.7 Å². The van der Waals surface area contributed by atoms with Gasteiger partial charge in [-0.3, -0.25) is 9.59 Å². The number of carbonyl (C=O) groups is 2. The molecule has 1 aliphatic rings. The first-order chi connectivity index (χ1) is 9.06. The zero-order valence-electron chi connectivity index (χ0n) is 10.9. The second-order valence-corrected chi connectivity index (χ2v) is 4.65. The molecule has 5 heteroatoms. The van der Waals surface area contributed by atoms with Crippen LogP contribution in [-0.2, 0) is 14.3 Å². The van der Waals surface area contributed by atoms with Crippen molar-refractivity contribution in [2.75, 3.05) is 13.7 Å². The summed E-state index contributed by atoms with van der Waals surface area (Å²) in [4.78, 5) is 25.0. The zero-order chi connectivity index (χ0) is 14.0. The number of ether oxygens (including phenoxy) is 1. The lowest BCUT2D eigenvalue weighted by molar-refractivity contribution is -0.150. The lowest BCUT2D eigenvalue weighted by Gasteiger charge is -2.24. The highest BCUT2D eigenvalue weighted by Gasteiger charge is 2.45. The SMILES string of the molecule is COC(=O)[C@H]1CN([C@@H](C)c2ccccc2)C(=O)[C@@H]1O. The highest BCUT2D eigenvalue weighted by molar-refractivity contribution is 5.91. The molecule has 0 radical (unpaired) electrons. The molecule has 1 heterocycles. The molecule has 19 heavy (non-hydrogen) atoms. The number of benzene rings is 1. The Balaban J connectivity index is 2.18. The number of rotatable bonds is 3. The zero-order valence-corrected chi connectivity index (χ0v) is 10.9. The monoisotopic (exact) mass is 263 g/mol. The van der Waals surface area contributed by atoms with Crippen LogP contribution in [0.3, 0.4) is 0 Å². The van der Waals surface area contributed by atoms with Crippen LogP contribution in [0.25, 0.3) is 0 Å². The van der Waals surface area contributed by atoms with E-state index in [1.165, 1.54) is 12.0 Å². The quantitative estimate of drug-likeness (QED) is 0.817. The van der Waals surface area contributed by atoms with Crippen LogP contribution >= 0.6 is 0 Å². The molecule has 0 saturated carbocycles. The van der Waals surface area contributed by atoms with Gasteiger partial charge in [0.1, 0.15) is 12.0 Å². The van der Waals surface area contributed by atoms with Gasteiger partial charge in [0.05, 0.1) is 13.2 Å². The lowest BCUT2D eigenvalue weighted by Crippen LogP contribution is -2.32. The summed E-state index contributed by atoms with van der Waals surface area (Å²) >= 11 is 0. The van der Waals surface area contributed by atoms with Gasteiger partial charge in [0, 0.05) is 6.54 Å². The smallest absolute Gasteiger partial charge is 0.313 e. The molecule has 0 unspecified atom stereocenters. The van der Waals surface area contributed by atoms with Crippen molar-refractivity contribution in [2.45, 2.75) is 19.1 Å². The predicted octanol–water partition coefficient (Wildman–Crippen LogP) is 0.740. The summed E-state index contributed by atoms with van der Waals surface area (Å²) < 4.78 is 4.61. The first kappa shape index (κ1) is 13.5. The third-order valence-electron chi connectivity index (χ3n) is 3.56. The van der Waals surface area contributed by atoms with Crippen molar-refractivity contribution in [2.24, 2.45) is 5.92 Å². The summed E-state index contributed by atoms with van der Waals surface area (Å²) in [6.07, 6.45) is -1.31. The summed E-state index contributed by atoms with van der Waals surface area (Å²) in [5, 5.41) is 9.83. The predicted molar refractivity (Wildman–Crippen MR) is 68.1 cm³/mol. The van der Waals surface area contributed by atoms with E-state index in [1.54, 1.807) is 0 Å². The first-order valence-electron chi connectivity index (χ1n) is 6.17. The van der Waals surface area contributed by atoms with Gasteiger partial charge in [-0.1, -0.05) is 30.3 Å². The molecule has 0 bridgehead atoms. The lowest BCUT2D eigenvalue weighted by atomic mass is 10.1. The molecule has 1 aromatic carbocycles. The van der Waals surface area contributed by atoms with Gasteiger partial charge in [-0.2, -0.15) is 0 Å². The molecule has 102 valence electrons. The van der Waals surface area contributed by atoms with Crippen molar-refractivity contribution in [3.05, 3.63) is 35.9 Å². The van der Waals surface area contributed by atoms with Crippen LogP contribution in [0.2, 0.25) is 0 Å². The molecule has 0 spiro atoms. The van der Waals surface area contributed by atoms with Crippen LogP contribution in [0.5, 0.6) is 0 Å². The summed E-state index contributed by atoms with van der Waals surface area (Å²) in [7, 11) is 1.25. The van der Waals surface area contributed by atoms with Crippen LogP contribution in [0, 0.1) is 5.92 Å². The molecule has 5 nitrogen and oxygen atoms in total. The maximum absolute atomic E-state index is 12.0. The minimum atomic E-state index is -1.31. The number of likely N-dealkylation sites (tertiary alicyclic amines) is 1. The molecule has 0 aromatic heterocycles. The second-order valence-electron chi connectivity index (χ2n) is 4.65. The van der Waals surface area contributed by atoms with E-state index >= 15 is 0 Å². The Bertz CT molecular complexity index is 474. The number of carbonyl (C=O) groups excluding carboxylic acids is 2. The average Bonchev–Trinajstić information content (AvgIpc) is 2.75. The summed E-state index contributed by atoms with van der Waals surface area (Å²) in [5.74, 6) is -1.78. The summed E-state index contributed by atoms with van der Waals surface area (Å²) in [6, 6.07) is 9.32. The van der Waals surface area contributed by atoms with Crippen molar-refractivity contribution < 1.29 is 19.4 Å². The van der Waals surface area contributed by atoms with Crippen molar-refractivity contribution in [3.8, 4) is 0 Å². The van der Waals surface area contributed by atoms with Gasteiger partial charge >= 0.3 is 5.97 Å². The molecule has 1 aromatic rings. The Morgan fingerprint density at radius 3 is 2.63 bits per heavy atom. The van der Waals surface area contributed by atoms with E-state index in [1.807, 2.05) is 37.3 Å². The van der Waals surface area contributed by atoms with E-state index in [0.717, 1.165) is 5.56 Å². The van der Waals surface area contributed by atoms with Gasteiger partial charge in [0.25, 0.3) is 5.91 Å². The van der Waals surface area contributed by atoms with Gasteiger partial charge in [0.15, 0.2) is 0 Å². The molecule has 1 N–H and O–H groups in total. The Morgan fingerprint density at radius 2 is 2.05 bits per heavy atom. The topological polar surface area (TPSA) is 66.8 Å². The van der Waals surface area contributed by atoms with E-state index in [0.29, 0.717) is 0 Å². The largest absolute Gasteiger partial charge is 0.469 e. The summed E-state index contributed by atoms with van der Waals surface area (Å²) in [5.41, 5.74) is 0.966. The minimum absolute atomic E-state index is 0.182. The highest BCUT2D eigenvalue weighted by atomic mass is 16.5. The number of nitrogens with zero attached hydrogens (tertiary/aromatic N) is 1. The normalized spacial score (nSPS) is 24.4. The van der Waals surface area contributed by atoms with Gasteiger partial charge in [-0.05, 0) is 12.5 Å². The first-order valence-corrected chi connectivity index (χ1v) is 6.17. The Labute approximate surface area is 111 Å². The third-order valence-corrected chi connectivity index (χ3v) is 3.56. The van der Waals surface area contributed by atoms with E-state index in [4.69, 9.17) is 0 Å². The van der Waals surface area contributed by atoms with E-state index in [-0.39, 0.29) is 12.6 Å². The number of hydrogen-bond acceptors (Lipinski definition) is 4. The van der Waals surface area contributed by atoms with Crippen LogP contribution in [0.1, 0.15) is 18.5 Å². The molecule has 3 atom stereocenters. The van der Waals surface area contributed by atoms with Crippen molar-refractivity contribution >= 4 is 11.9 Å². The van der Waals surface area contributed by atoms with Crippen LogP contribution in [0.15, 0.2) is 30.3 Å². The summed E-state index contributed by atoms with van der Waals surface area (Å²) in [6.45, 7) is 2.06. The molecule has 0 aliphatic carbocycles.